The largest absolute Gasteiger partial charge is 0.103 e. The molecule has 0 aromatic rings. The number of allylic oxidation sites excluding steroid dienone is 1. The molecule has 0 heteroatoms. The van der Waals surface area contributed by atoms with Crippen molar-refractivity contribution in [1.82, 2.24) is 0 Å². The fourth-order valence-corrected chi connectivity index (χ4v) is 2.15. The van der Waals surface area contributed by atoms with Crippen LogP contribution in [0.15, 0.2) is 12.7 Å². The molecule has 0 spiro atoms. The highest BCUT2D eigenvalue weighted by Crippen LogP contribution is 2.33. The van der Waals surface area contributed by atoms with Crippen molar-refractivity contribution < 1.29 is 0 Å². The average Bonchev–Trinajstić information content (AvgIpc) is 2.03. The van der Waals surface area contributed by atoms with E-state index in [0.717, 1.165) is 17.8 Å². The third-order valence-electron chi connectivity index (χ3n) is 3.09. The van der Waals surface area contributed by atoms with Gasteiger partial charge in [-0.2, -0.15) is 0 Å². The van der Waals surface area contributed by atoms with Crippen molar-refractivity contribution in [3.63, 3.8) is 0 Å². The second-order valence-electron chi connectivity index (χ2n) is 4.13. The molecule has 2 unspecified atom stereocenters. The van der Waals surface area contributed by atoms with E-state index < -0.39 is 0 Å². The van der Waals surface area contributed by atoms with Crippen molar-refractivity contribution in [1.29, 1.82) is 0 Å². The van der Waals surface area contributed by atoms with Gasteiger partial charge in [0.25, 0.3) is 0 Å². The lowest BCUT2D eigenvalue weighted by atomic mass is 9.76. The predicted molar refractivity (Wildman–Crippen MR) is 50.5 cm³/mol. The maximum absolute atomic E-state index is 3.86. The van der Waals surface area contributed by atoms with Crippen LogP contribution in [-0.2, 0) is 0 Å². The highest BCUT2D eigenvalue weighted by molar-refractivity contribution is 4.84. The second-order valence-corrected chi connectivity index (χ2v) is 4.13. The van der Waals surface area contributed by atoms with Crippen LogP contribution in [-0.4, -0.2) is 0 Å². The van der Waals surface area contributed by atoms with Crippen LogP contribution in [0.1, 0.15) is 39.5 Å². The average molecular weight is 152 g/mol. The summed E-state index contributed by atoms with van der Waals surface area (Å²) in [5.74, 6) is 2.62. The van der Waals surface area contributed by atoms with Crippen LogP contribution in [0.25, 0.3) is 0 Å². The molecule has 0 aromatic heterocycles. The Balaban J connectivity index is 2.38. The van der Waals surface area contributed by atoms with Crippen LogP contribution in [0.5, 0.6) is 0 Å². The van der Waals surface area contributed by atoms with Gasteiger partial charge in [-0.1, -0.05) is 32.8 Å². The maximum Gasteiger partial charge on any atom is -0.0236 e. The zero-order valence-corrected chi connectivity index (χ0v) is 7.84. The summed E-state index contributed by atoms with van der Waals surface area (Å²) in [5, 5.41) is 0. The van der Waals surface area contributed by atoms with Crippen molar-refractivity contribution in [2.45, 2.75) is 39.5 Å². The summed E-state index contributed by atoms with van der Waals surface area (Å²) in [6.07, 6.45) is 7.85. The second kappa shape index (κ2) is 3.94. The van der Waals surface area contributed by atoms with E-state index in [0.29, 0.717) is 0 Å². The van der Waals surface area contributed by atoms with E-state index in [1.54, 1.807) is 0 Å². The van der Waals surface area contributed by atoms with E-state index >= 15 is 0 Å². The molecule has 1 saturated carbocycles. The Kier molecular flexibility index (Phi) is 3.16. The van der Waals surface area contributed by atoms with Gasteiger partial charge in [0.15, 0.2) is 0 Å². The van der Waals surface area contributed by atoms with Crippen molar-refractivity contribution >= 4 is 0 Å². The lowest BCUT2D eigenvalue weighted by molar-refractivity contribution is 0.241. The summed E-state index contributed by atoms with van der Waals surface area (Å²) in [5.41, 5.74) is 0. The van der Waals surface area contributed by atoms with Gasteiger partial charge in [-0.25, -0.2) is 0 Å². The maximum atomic E-state index is 3.86. The molecule has 1 fully saturated rings. The molecule has 11 heavy (non-hydrogen) atoms. The van der Waals surface area contributed by atoms with Crippen LogP contribution >= 0.6 is 0 Å². The van der Waals surface area contributed by atoms with Crippen LogP contribution in [0.4, 0.5) is 0 Å². The summed E-state index contributed by atoms with van der Waals surface area (Å²) in [6, 6.07) is 0. The Morgan fingerprint density at radius 1 is 1.45 bits per heavy atom. The van der Waals surface area contributed by atoms with Gasteiger partial charge in [0, 0.05) is 0 Å². The minimum Gasteiger partial charge on any atom is -0.103 e. The van der Waals surface area contributed by atoms with Gasteiger partial charge in [-0.3, -0.25) is 0 Å². The summed E-state index contributed by atoms with van der Waals surface area (Å²) in [7, 11) is 0. The number of rotatable bonds is 2. The van der Waals surface area contributed by atoms with Crippen LogP contribution in [0.2, 0.25) is 0 Å². The van der Waals surface area contributed by atoms with E-state index in [4.69, 9.17) is 0 Å². The van der Waals surface area contributed by atoms with Crippen molar-refractivity contribution in [2.75, 3.05) is 0 Å². The molecule has 0 radical (unpaired) electrons. The molecule has 0 aromatic carbocycles. The third-order valence-corrected chi connectivity index (χ3v) is 3.09. The summed E-state index contributed by atoms with van der Waals surface area (Å²) in [6.45, 7) is 8.54. The third kappa shape index (κ3) is 2.36. The van der Waals surface area contributed by atoms with Crippen LogP contribution in [0.3, 0.4) is 0 Å². The summed E-state index contributed by atoms with van der Waals surface area (Å²) in [4.78, 5) is 0. The first-order valence-electron chi connectivity index (χ1n) is 4.86. The highest BCUT2D eigenvalue weighted by atomic mass is 14.3. The fourth-order valence-electron chi connectivity index (χ4n) is 2.15. The molecule has 3 atom stereocenters. The molecule has 0 saturated heterocycles. The molecule has 0 heterocycles. The zero-order chi connectivity index (χ0) is 8.27. The van der Waals surface area contributed by atoms with E-state index in [-0.39, 0.29) is 0 Å². The monoisotopic (exact) mass is 152 g/mol. The van der Waals surface area contributed by atoms with Gasteiger partial charge in [0.05, 0.1) is 0 Å². The van der Waals surface area contributed by atoms with Gasteiger partial charge >= 0.3 is 0 Å². The van der Waals surface area contributed by atoms with Crippen LogP contribution in [0, 0.1) is 17.8 Å². The van der Waals surface area contributed by atoms with Gasteiger partial charge < -0.3 is 0 Å². The van der Waals surface area contributed by atoms with E-state index in [2.05, 4.69) is 26.5 Å². The Morgan fingerprint density at radius 3 is 2.73 bits per heavy atom. The fraction of sp³-hybridized carbons (Fsp3) is 0.818. The Bertz CT molecular complexity index is 126. The van der Waals surface area contributed by atoms with E-state index in [1.807, 2.05) is 0 Å². The molecule has 0 nitrogen and oxygen atoms in total. The topological polar surface area (TPSA) is 0 Å². The minimum atomic E-state index is 0.734. The summed E-state index contributed by atoms with van der Waals surface area (Å²) >= 11 is 0. The summed E-state index contributed by atoms with van der Waals surface area (Å²) < 4.78 is 0. The number of hydrogen-bond donors (Lipinski definition) is 0. The normalized spacial score (nSPS) is 34.7. The molecule has 1 rings (SSSR count). The quantitative estimate of drug-likeness (QED) is 0.530. The van der Waals surface area contributed by atoms with Crippen LogP contribution < -0.4 is 0 Å². The smallest absolute Gasteiger partial charge is 0.0236 e. The van der Waals surface area contributed by atoms with Crippen molar-refractivity contribution in [3.05, 3.63) is 12.7 Å². The molecule has 0 aliphatic heterocycles. The molecular weight excluding hydrogens is 132 g/mol. The standard InChI is InChI=1S/C11H20/c1-4-10(3)11-7-5-6-9(2)8-11/h4,9-11H,1,5-8H2,2-3H3/t9?,10-,11?/m1/s1. The zero-order valence-electron chi connectivity index (χ0n) is 7.84. The predicted octanol–water partition coefficient (Wildman–Crippen LogP) is 3.63. The minimum absolute atomic E-state index is 0.734. The molecule has 0 bridgehead atoms. The van der Waals surface area contributed by atoms with Crippen molar-refractivity contribution in [2.24, 2.45) is 17.8 Å². The lowest BCUT2D eigenvalue weighted by Gasteiger charge is -2.29. The molecule has 0 amide bonds. The first-order chi connectivity index (χ1) is 5.24. The molecule has 0 N–H and O–H groups in total. The Hall–Kier alpha value is -0.260. The van der Waals surface area contributed by atoms with E-state index in [9.17, 15) is 0 Å². The van der Waals surface area contributed by atoms with Gasteiger partial charge in [0.2, 0.25) is 0 Å². The van der Waals surface area contributed by atoms with Crippen molar-refractivity contribution in [3.8, 4) is 0 Å². The molecular formula is C11H20. The number of hydrogen-bond acceptors (Lipinski definition) is 0. The highest BCUT2D eigenvalue weighted by Gasteiger charge is 2.21. The van der Waals surface area contributed by atoms with Gasteiger partial charge in [0.1, 0.15) is 0 Å². The SMILES string of the molecule is C=C[C@@H](C)C1CCCC(C)C1. The molecule has 1 aliphatic carbocycles. The van der Waals surface area contributed by atoms with Gasteiger partial charge in [-0.05, 0) is 30.6 Å². The first-order valence-corrected chi connectivity index (χ1v) is 4.86. The molecule has 1 aliphatic rings. The first kappa shape index (κ1) is 8.83. The van der Waals surface area contributed by atoms with E-state index in [1.165, 1.54) is 25.7 Å². The Labute approximate surface area is 70.7 Å². The molecule has 64 valence electrons. The Morgan fingerprint density at radius 2 is 2.18 bits per heavy atom. The van der Waals surface area contributed by atoms with Gasteiger partial charge in [-0.15, -0.1) is 6.58 Å². The lowest BCUT2D eigenvalue weighted by Crippen LogP contribution is -2.18.